The number of hydrogen-bond acceptors (Lipinski definition) is 11. The van der Waals surface area contributed by atoms with Crippen molar-refractivity contribution in [1.82, 2.24) is 10.2 Å². The van der Waals surface area contributed by atoms with E-state index in [1.807, 2.05) is 6.07 Å². The third-order valence-electron chi connectivity index (χ3n) is 7.59. The van der Waals surface area contributed by atoms with Crippen molar-refractivity contribution in [3.8, 4) is 5.75 Å². The van der Waals surface area contributed by atoms with E-state index in [4.69, 9.17) is 14.2 Å². The molecule has 3 rings (SSSR count). The van der Waals surface area contributed by atoms with E-state index in [0.717, 1.165) is 18.4 Å². The molecule has 13 nitrogen and oxygen atoms in total. The second-order valence-corrected chi connectivity index (χ2v) is 12.4. The highest BCUT2D eigenvalue weighted by molar-refractivity contribution is 6.12. The Hall–Kier alpha value is -3.36. The smallest absolute Gasteiger partial charge is 0.311 e. The van der Waals surface area contributed by atoms with Gasteiger partial charge in [0.2, 0.25) is 12.2 Å². The predicted octanol–water partition coefficient (Wildman–Crippen LogP) is 0.879. The molecule has 0 saturated carbocycles. The lowest BCUT2D eigenvalue weighted by atomic mass is 9.97. The van der Waals surface area contributed by atoms with Crippen LogP contribution in [0, 0.1) is 5.41 Å². The Morgan fingerprint density at radius 2 is 1.67 bits per heavy atom. The molecule has 0 unspecified atom stereocenters. The SMILES string of the molecule is CC(C)(C)C(=O)OCc1ccc(CCCCNC(=O)CCCCCN2C(=O)C=CC2=O)cc1O[C@@H]1O[C@H](CO)[C@@H](O)[C@H](O)[C@H]1O. The van der Waals surface area contributed by atoms with Crippen LogP contribution in [-0.4, -0.2) is 99.4 Å². The second-order valence-electron chi connectivity index (χ2n) is 12.4. The molecular weight excluding hydrogens is 588 g/mol. The van der Waals surface area contributed by atoms with Gasteiger partial charge in [0.05, 0.1) is 12.0 Å². The number of aliphatic hydroxyl groups is 4. The summed E-state index contributed by atoms with van der Waals surface area (Å²) in [5.74, 6) is -0.823. The Kier molecular flexibility index (Phi) is 13.5. The summed E-state index contributed by atoms with van der Waals surface area (Å²) in [4.78, 5) is 48.8. The summed E-state index contributed by atoms with van der Waals surface area (Å²) in [7, 11) is 0. The quantitative estimate of drug-likeness (QED) is 0.0985. The van der Waals surface area contributed by atoms with Crippen molar-refractivity contribution in [3.05, 3.63) is 41.5 Å². The standard InChI is InChI=1S/C32H46N2O11/c1-32(2,3)31(42)43-19-21-12-11-20(17-22(21)44-30-29(41)28(40)27(39)23(18-35)45-30)9-6-7-15-33-24(36)10-5-4-8-16-34-25(37)13-14-26(34)38/h11-14,17,23,27-30,35,39-41H,4-10,15-16,18-19H2,1-3H3,(H,33,36)/t23-,27-,28+,29-,30-/m1/s1. The van der Waals surface area contributed by atoms with Gasteiger partial charge in [0.1, 0.15) is 36.8 Å². The van der Waals surface area contributed by atoms with Gasteiger partial charge in [0.15, 0.2) is 0 Å². The summed E-state index contributed by atoms with van der Waals surface area (Å²) < 4.78 is 16.9. The van der Waals surface area contributed by atoms with Crippen LogP contribution in [0.1, 0.15) is 70.4 Å². The molecule has 2 aliphatic rings. The zero-order chi connectivity index (χ0) is 33.1. The van der Waals surface area contributed by atoms with E-state index in [0.29, 0.717) is 50.8 Å². The van der Waals surface area contributed by atoms with Gasteiger partial charge >= 0.3 is 5.97 Å². The van der Waals surface area contributed by atoms with E-state index in [9.17, 15) is 39.6 Å². The van der Waals surface area contributed by atoms with E-state index >= 15 is 0 Å². The van der Waals surface area contributed by atoms with Crippen LogP contribution >= 0.6 is 0 Å². The largest absolute Gasteiger partial charge is 0.462 e. The van der Waals surface area contributed by atoms with Crippen molar-refractivity contribution in [3.63, 3.8) is 0 Å². The third kappa shape index (κ3) is 10.6. The van der Waals surface area contributed by atoms with Crippen molar-refractivity contribution in [1.29, 1.82) is 0 Å². The number of amides is 3. The molecule has 1 aromatic rings. The molecule has 13 heteroatoms. The topological polar surface area (TPSA) is 192 Å². The van der Waals surface area contributed by atoms with Crippen LogP contribution in [-0.2, 0) is 41.7 Å². The number of aryl methyl sites for hydroxylation is 1. The molecule has 3 amide bonds. The summed E-state index contributed by atoms with van der Waals surface area (Å²) in [6.45, 7) is 5.33. The molecule has 0 radical (unpaired) electrons. The average Bonchev–Trinajstić information content (AvgIpc) is 3.32. The number of carbonyl (C=O) groups is 4. The number of nitrogens with one attached hydrogen (secondary N) is 1. The number of ether oxygens (including phenoxy) is 3. The van der Waals surface area contributed by atoms with Crippen LogP contribution in [0.5, 0.6) is 5.75 Å². The Balaban J connectivity index is 1.48. The Morgan fingerprint density at radius 1 is 0.956 bits per heavy atom. The van der Waals surface area contributed by atoms with Crippen LogP contribution in [0.15, 0.2) is 30.4 Å². The number of benzene rings is 1. The van der Waals surface area contributed by atoms with Crippen LogP contribution in [0.4, 0.5) is 0 Å². The highest BCUT2D eigenvalue weighted by atomic mass is 16.7. The average molecular weight is 635 g/mol. The number of hydrogen-bond donors (Lipinski definition) is 5. The maximum atomic E-state index is 12.4. The lowest BCUT2D eigenvalue weighted by molar-refractivity contribution is -0.277. The monoisotopic (exact) mass is 634 g/mol. The third-order valence-corrected chi connectivity index (χ3v) is 7.59. The van der Waals surface area contributed by atoms with Crippen molar-refractivity contribution in [2.75, 3.05) is 19.7 Å². The lowest BCUT2D eigenvalue weighted by Gasteiger charge is -2.39. The number of imide groups is 1. The normalized spacial score (nSPS) is 23.4. The molecule has 250 valence electrons. The minimum atomic E-state index is -1.61. The van der Waals surface area contributed by atoms with E-state index in [1.54, 1.807) is 32.9 Å². The zero-order valence-electron chi connectivity index (χ0n) is 26.1. The minimum absolute atomic E-state index is 0.0608. The van der Waals surface area contributed by atoms with E-state index in [2.05, 4.69) is 5.32 Å². The van der Waals surface area contributed by atoms with E-state index in [-0.39, 0.29) is 30.1 Å². The predicted molar refractivity (Wildman–Crippen MR) is 160 cm³/mol. The molecule has 2 heterocycles. The summed E-state index contributed by atoms with van der Waals surface area (Å²) in [5, 5.41) is 43.2. The Bertz CT molecular complexity index is 1190. The van der Waals surface area contributed by atoms with Crippen LogP contribution in [0.2, 0.25) is 0 Å². The molecule has 1 fully saturated rings. The van der Waals surface area contributed by atoms with Crippen molar-refractivity contribution in [2.24, 2.45) is 5.41 Å². The minimum Gasteiger partial charge on any atom is -0.462 e. The fourth-order valence-electron chi connectivity index (χ4n) is 4.79. The van der Waals surface area contributed by atoms with E-state index in [1.165, 1.54) is 17.1 Å². The molecule has 2 aliphatic heterocycles. The first-order valence-corrected chi connectivity index (χ1v) is 15.4. The molecule has 1 saturated heterocycles. The molecule has 0 aliphatic carbocycles. The van der Waals surface area contributed by atoms with Gasteiger partial charge in [-0.05, 0) is 64.5 Å². The summed E-state index contributed by atoms with van der Waals surface area (Å²) in [5.41, 5.74) is 0.648. The first kappa shape index (κ1) is 36.1. The molecular formula is C32H46N2O11. The molecule has 1 aromatic carbocycles. The second kappa shape index (κ2) is 16.8. The van der Waals surface area contributed by atoms with Crippen molar-refractivity contribution < 1.29 is 53.8 Å². The fourth-order valence-corrected chi connectivity index (χ4v) is 4.79. The van der Waals surface area contributed by atoms with Gasteiger partial charge in [-0.1, -0.05) is 18.6 Å². The van der Waals surface area contributed by atoms with Gasteiger partial charge in [-0.2, -0.15) is 0 Å². The van der Waals surface area contributed by atoms with Gasteiger partial charge in [-0.3, -0.25) is 24.1 Å². The molecule has 0 spiro atoms. The maximum absolute atomic E-state index is 12.4. The summed E-state index contributed by atoms with van der Waals surface area (Å²) in [6.07, 6.45) is -0.282. The van der Waals surface area contributed by atoms with Gasteiger partial charge < -0.3 is 40.0 Å². The molecule has 5 N–H and O–H groups in total. The molecule has 0 aromatic heterocycles. The van der Waals surface area contributed by atoms with E-state index < -0.39 is 48.7 Å². The number of aliphatic hydroxyl groups excluding tert-OH is 4. The molecule has 45 heavy (non-hydrogen) atoms. The lowest BCUT2D eigenvalue weighted by Crippen LogP contribution is -2.60. The number of esters is 1. The number of nitrogens with zero attached hydrogens (tertiary/aromatic N) is 1. The zero-order valence-corrected chi connectivity index (χ0v) is 26.1. The fraction of sp³-hybridized carbons (Fsp3) is 0.625. The highest BCUT2D eigenvalue weighted by Gasteiger charge is 2.45. The number of rotatable bonds is 16. The number of carbonyl (C=O) groups excluding carboxylic acids is 4. The summed E-state index contributed by atoms with van der Waals surface area (Å²) in [6, 6.07) is 5.32. The van der Waals surface area contributed by atoms with Gasteiger partial charge in [0.25, 0.3) is 11.8 Å². The number of unbranched alkanes of at least 4 members (excludes halogenated alkanes) is 3. The Labute approximate surface area is 263 Å². The van der Waals surface area contributed by atoms with Crippen LogP contribution in [0.25, 0.3) is 0 Å². The van der Waals surface area contributed by atoms with Crippen molar-refractivity contribution in [2.45, 2.75) is 103 Å². The first-order chi connectivity index (χ1) is 21.3. The Morgan fingerprint density at radius 3 is 2.33 bits per heavy atom. The van der Waals surface area contributed by atoms with Gasteiger partial charge in [-0.15, -0.1) is 0 Å². The maximum Gasteiger partial charge on any atom is 0.311 e. The molecule has 5 atom stereocenters. The van der Waals surface area contributed by atoms with Gasteiger partial charge in [-0.25, -0.2) is 0 Å². The van der Waals surface area contributed by atoms with Crippen molar-refractivity contribution >= 4 is 23.7 Å². The highest BCUT2D eigenvalue weighted by Crippen LogP contribution is 2.29. The summed E-state index contributed by atoms with van der Waals surface area (Å²) >= 11 is 0. The molecule has 0 bridgehead atoms. The van der Waals surface area contributed by atoms with Gasteiger partial charge in [0, 0.05) is 37.2 Å². The first-order valence-electron chi connectivity index (χ1n) is 15.4. The van der Waals surface area contributed by atoms with Crippen LogP contribution in [0.3, 0.4) is 0 Å². The van der Waals surface area contributed by atoms with Crippen LogP contribution < -0.4 is 10.1 Å².